The van der Waals surface area contributed by atoms with E-state index < -0.39 is 25.0 Å². The smallest absolute Gasteiger partial charge is 0.423 e. The molecule has 2 aliphatic carbocycles. The molecule has 3 amide bonds. The molecule has 12 heteroatoms. The number of esters is 1. The van der Waals surface area contributed by atoms with Gasteiger partial charge >= 0.3 is 12.1 Å². The maximum Gasteiger partial charge on any atom is 0.423 e. The molecule has 2 aliphatic rings. The Labute approximate surface area is 219 Å². The van der Waals surface area contributed by atoms with Crippen molar-refractivity contribution < 1.29 is 33.8 Å². The minimum Gasteiger partial charge on any atom is -0.426 e. The fourth-order valence-corrected chi connectivity index (χ4v) is 3.70. The summed E-state index contributed by atoms with van der Waals surface area (Å²) in [6.45, 7) is 3.77. The number of aliphatic hydroxyl groups is 1. The third-order valence-electron chi connectivity index (χ3n) is 6.29. The van der Waals surface area contributed by atoms with Crippen LogP contribution in [0.1, 0.15) is 70.1 Å². The predicted molar refractivity (Wildman–Crippen MR) is 136 cm³/mol. The minimum absolute atomic E-state index is 0.122. The van der Waals surface area contributed by atoms with Crippen molar-refractivity contribution in [2.45, 2.75) is 64.6 Å². The van der Waals surface area contributed by atoms with Gasteiger partial charge in [0.25, 0.3) is 11.8 Å². The Kier molecular flexibility index (Phi) is 7.81. The van der Waals surface area contributed by atoms with Gasteiger partial charge in [0, 0.05) is 23.8 Å². The Morgan fingerprint density at radius 3 is 2.32 bits per heavy atom. The monoisotopic (exact) mass is 525 g/mol. The zero-order chi connectivity index (χ0) is 27.6. The minimum atomic E-state index is -1.41. The van der Waals surface area contributed by atoms with Crippen molar-refractivity contribution in [1.82, 2.24) is 15.6 Å². The molecule has 0 aliphatic heterocycles. The zero-order valence-electron chi connectivity index (χ0n) is 21.4. The first-order valence-electron chi connectivity index (χ1n) is 12.4. The molecule has 1 heterocycles. The average Bonchev–Trinajstić information content (AvgIpc) is 3.80. The van der Waals surface area contributed by atoms with Crippen molar-refractivity contribution in [2.75, 3.05) is 11.7 Å². The lowest BCUT2D eigenvalue weighted by molar-refractivity contribution is -0.160. The highest BCUT2D eigenvalue weighted by molar-refractivity contribution is 6.21. The van der Waals surface area contributed by atoms with Crippen molar-refractivity contribution in [2.24, 2.45) is 0 Å². The van der Waals surface area contributed by atoms with E-state index in [2.05, 4.69) is 15.6 Å². The van der Waals surface area contributed by atoms with Gasteiger partial charge in [-0.15, -0.1) is 0 Å². The molecule has 2 fully saturated rings. The summed E-state index contributed by atoms with van der Waals surface area (Å²) < 4.78 is 9.84. The van der Waals surface area contributed by atoms with E-state index in [4.69, 9.17) is 14.9 Å². The topological polar surface area (TPSA) is 174 Å². The molecular formula is C26H31N5O7. The van der Waals surface area contributed by atoms with Crippen LogP contribution in [0.15, 0.2) is 24.4 Å². The lowest BCUT2D eigenvalue weighted by Crippen LogP contribution is -2.39. The molecule has 38 heavy (non-hydrogen) atoms. The van der Waals surface area contributed by atoms with Gasteiger partial charge in [-0.25, -0.2) is 14.5 Å². The van der Waals surface area contributed by atoms with Crippen LogP contribution in [0, 0.1) is 19.3 Å². The van der Waals surface area contributed by atoms with E-state index in [1.807, 2.05) is 0 Å². The Bertz CT molecular complexity index is 1280. The van der Waals surface area contributed by atoms with Crippen molar-refractivity contribution in [3.63, 3.8) is 0 Å². The number of benzene rings is 1. The number of ether oxygens (including phenoxy) is 2. The number of aromatic amines is 1. The number of rotatable bonds is 9. The number of nitrogens with zero attached hydrogens (tertiary/aromatic N) is 1. The third-order valence-corrected chi connectivity index (χ3v) is 6.29. The summed E-state index contributed by atoms with van der Waals surface area (Å²) in [6.07, 6.45) is 2.64. The van der Waals surface area contributed by atoms with Crippen molar-refractivity contribution >= 4 is 35.4 Å². The first kappa shape index (κ1) is 26.9. The number of amides is 3. The summed E-state index contributed by atoms with van der Waals surface area (Å²) in [5.41, 5.74) is 2.03. The number of aliphatic hydroxyl groups excluding tert-OH is 1. The van der Waals surface area contributed by atoms with Crippen molar-refractivity contribution in [3.8, 4) is 0 Å². The normalized spacial score (nSPS) is 15.3. The van der Waals surface area contributed by atoms with E-state index in [1.54, 1.807) is 26.0 Å². The van der Waals surface area contributed by atoms with E-state index in [1.165, 1.54) is 19.2 Å². The van der Waals surface area contributed by atoms with E-state index in [9.17, 15) is 24.3 Å². The number of H-pyrrole nitrogens is 1. The number of aryl methyl sites for hydroxylation is 1. The Balaban J connectivity index is 1.64. The summed E-state index contributed by atoms with van der Waals surface area (Å²) in [5.74, 6) is -1.92. The average molecular weight is 526 g/mol. The van der Waals surface area contributed by atoms with Crippen molar-refractivity contribution in [3.05, 3.63) is 52.3 Å². The van der Waals surface area contributed by atoms with Gasteiger partial charge in [-0.3, -0.25) is 15.0 Å². The van der Waals surface area contributed by atoms with Crippen LogP contribution in [-0.2, 0) is 14.3 Å². The quantitative estimate of drug-likeness (QED) is 0.144. The highest BCUT2D eigenvalue weighted by atomic mass is 16.7. The number of hydrogen-bond donors (Lipinski definition) is 5. The number of hydrogen-bond acceptors (Lipinski definition) is 8. The van der Waals surface area contributed by atoms with Crippen LogP contribution in [0.25, 0.3) is 0 Å². The lowest BCUT2D eigenvalue weighted by atomic mass is 10.1. The van der Waals surface area contributed by atoms with Gasteiger partial charge < -0.3 is 30.2 Å². The number of nitrogens with one attached hydrogen (secondary N) is 4. The maximum atomic E-state index is 13.3. The number of amidine groups is 1. The molecule has 2 aromatic rings. The van der Waals surface area contributed by atoms with Gasteiger partial charge in [-0.2, -0.15) is 0 Å². The number of aromatic nitrogens is 1. The van der Waals surface area contributed by atoms with Crippen LogP contribution in [0.2, 0.25) is 0 Å². The molecule has 1 atom stereocenters. The molecule has 1 unspecified atom stereocenters. The second kappa shape index (κ2) is 11.1. The highest BCUT2D eigenvalue weighted by Gasteiger charge is 2.31. The molecule has 0 radical (unpaired) electrons. The number of anilines is 1. The molecule has 0 saturated heterocycles. The Morgan fingerprint density at radius 1 is 1.08 bits per heavy atom. The molecule has 1 aromatic carbocycles. The summed E-state index contributed by atoms with van der Waals surface area (Å²) in [4.78, 5) is 54.0. The van der Waals surface area contributed by atoms with Crippen molar-refractivity contribution in [1.29, 1.82) is 5.41 Å². The number of carbonyl (C=O) groups excluding carboxylic acids is 4. The largest absolute Gasteiger partial charge is 0.426 e. The fraction of sp³-hybridized carbons (Fsp3) is 0.423. The standard InChI is InChI=1S/C26H31N5O7/c1-13-4-5-16(23(33)29-17-6-7-17)10-20(13)31(26(36)38-12-37-25(35)15(3)32)22(27)21-14(2)19(11-28-21)24(34)30-18-8-9-18/h4-5,10-11,15,17-18,27-28,32H,6-9,12H2,1-3H3,(H,29,33)(H,30,34). The van der Waals surface area contributed by atoms with Crippen LogP contribution in [0.5, 0.6) is 0 Å². The molecule has 0 bridgehead atoms. The van der Waals surface area contributed by atoms with Gasteiger partial charge in [0.05, 0.1) is 16.9 Å². The van der Waals surface area contributed by atoms with Gasteiger partial charge in [0.15, 0.2) is 5.84 Å². The fourth-order valence-electron chi connectivity index (χ4n) is 3.70. The Hall–Kier alpha value is -4.19. The van der Waals surface area contributed by atoms with Gasteiger partial charge in [-0.1, -0.05) is 6.07 Å². The molecular weight excluding hydrogens is 494 g/mol. The zero-order valence-corrected chi connectivity index (χ0v) is 21.4. The van der Waals surface area contributed by atoms with Crippen LogP contribution in [0.3, 0.4) is 0 Å². The lowest BCUT2D eigenvalue weighted by Gasteiger charge is -2.25. The van der Waals surface area contributed by atoms with E-state index in [0.29, 0.717) is 16.7 Å². The molecule has 2 saturated carbocycles. The summed E-state index contributed by atoms with van der Waals surface area (Å²) in [7, 11) is 0. The van der Waals surface area contributed by atoms with Gasteiger partial charge in [0.1, 0.15) is 6.10 Å². The molecule has 12 nitrogen and oxygen atoms in total. The highest BCUT2D eigenvalue weighted by Crippen LogP contribution is 2.27. The van der Waals surface area contributed by atoms with Gasteiger partial charge in [0.2, 0.25) is 6.79 Å². The SMILES string of the molecule is Cc1ccc(C(=O)NC2CC2)cc1N(C(=N)c1[nH]cc(C(=O)NC2CC2)c1C)C(=O)OCOC(=O)C(C)O. The Morgan fingerprint density at radius 2 is 1.71 bits per heavy atom. The molecule has 1 aromatic heterocycles. The molecule has 4 rings (SSSR count). The van der Waals surface area contributed by atoms with Crippen LogP contribution < -0.4 is 15.5 Å². The van der Waals surface area contributed by atoms with Crippen LogP contribution >= 0.6 is 0 Å². The molecule has 0 spiro atoms. The summed E-state index contributed by atoms with van der Waals surface area (Å²) in [5, 5.41) is 24.0. The molecule has 202 valence electrons. The van der Waals surface area contributed by atoms with Crippen LogP contribution in [0.4, 0.5) is 10.5 Å². The third kappa shape index (κ3) is 6.20. The van der Waals surface area contributed by atoms with E-state index in [-0.39, 0.29) is 46.7 Å². The number of carbonyl (C=O) groups is 4. The molecule has 5 N–H and O–H groups in total. The maximum absolute atomic E-state index is 13.3. The van der Waals surface area contributed by atoms with Crippen LogP contribution in [-0.4, -0.2) is 64.8 Å². The van der Waals surface area contributed by atoms with E-state index in [0.717, 1.165) is 30.6 Å². The second-order valence-electron chi connectivity index (χ2n) is 9.55. The van der Waals surface area contributed by atoms with Gasteiger partial charge in [-0.05, 0) is 69.7 Å². The van der Waals surface area contributed by atoms with E-state index >= 15 is 0 Å². The summed E-state index contributed by atoms with van der Waals surface area (Å²) >= 11 is 0. The predicted octanol–water partition coefficient (Wildman–Crippen LogP) is 2.27. The summed E-state index contributed by atoms with van der Waals surface area (Å²) in [6, 6.07) is 5.01. The second-order valence-corrected chi connectivity index (χ2v) is 9.55. The first-order chi connectivity index (χ1) is 18.1. The first-order valence-corrected chi connectivity index (χ1v) is 12.4.